The second-order valence-corrected chi connectivity index (χ2v) is 6.67. The number of halogens is 1. The van der Waals surface area contributed by atoms with Crippen LogP contribution in [0.25, 0.3) is 0 Å². The lowest BCUT2D eigenvalue weighted by molar-refractivity contribution is 0.0162. The van der Waals surface area contributed by atoms with Crippen molar-refractivity contribution < 1.29 is 9.53 Å². The minimum Gasteiger partial charge on any atom is -0.379 e. The first kappa shape index (κ1) is 17.9. The summed E-state index contributed by atoms with van der Waals surface area (Å²) in [5, 5.41) is 3.79. The van der Waals surface area contributed by atoms with Gasteiger partial charge in [0, 0.05) is 30.2 Å². The molecule has 132 valence electrons. The van der Waals surface area contributed by atoms with E-state index < -0.39 is 0 Å². The molecule has 1 aliphatic heterocycles. The molecule has 0 unspecified atom stereocenters. The molecule has 0 saturated carbocycles. The smallest absolute Gasteiger partial charge is 0.251 e. The zero-order valence-electron chi connectivity index (χ0n) is 14.4. The van der Waals surface area contributed by atoms with Crippen molar-refractivity contribution in [3.05, 3.63) is 70.2 Å². The molecule has 1 heterocycles. The van der Waals surface area contributed by atoms with Crippen LogP contribution in [0.15, 0.2) is 48.5 Å². The van der Waals surface area contributed by atoms with Crippen LogP contribution in [0.5, 0.6) is 0 Å². The van der Waals surface area contributed by atoms with Gasteiger partial charge in [-0.2, -0.15) is 0 Å². The SMILES string of the molecule is Cc1cccc(C(=O)NC[C@@H](c2ccccc2Cl)N2CCOCC2)c1. The van der Waals surface area contributed by atoms with E-state index in [0.717, 1.165) is 29.2 Å². The molecule has 5 heteroatoms. The third-order valence-electron chi connectivity index (χ3n) is 4.49. The zero-order chi connectivity index (χ0) is 17.6. The number of carbonyl (C=O) groups is 1. The maximum absolute atomic E-state index is 12.5. The van der Waals surface area contributed by atoms with Crippen molar-refractivity contribution in [3.8, 4) is 0 Å². The van der Waals surface area contributed by atoms with Gasteiger partial charge in [-0.05, 0) is 30.7 Å². The highest BCUT2D eigenvalue weighted by atomic mass is 35.5. The summed E-state index contributed by atoms with van der Waals surface area (Å²) in [5.41, 5.74) is 2.79. The van der Waals surface area contributed by atoms with E-state index in [1.54, 1.807) is 0 Å². The van der Waals surface area contributed by atoms with Crippen LogP contribution in [0.1, 0.15) is 27.5 Å². The second kappa shape index (κ2) is 8.48. The van der Waals surface area contributed by atoms with Crippen LogP contribution in [-0.4, -0.2) is 43.7 Å². The first-order valence-corrected chi connectivity index (χ1v) is 8.94. The quantitative estimate of drug-likeness (QED) is 0.890. The Morgan fingerprint density at radius 3 is 2.68 bits per heavy atom. The minimum absolute atomic E-state index is 0.0337. The third-order valence-corrected chi connectivity index (χ3v) is 4.83. The molecule has 0 aromatic heterocycles. The summed E-state index contributed by atoms with van der Waals surface area (Å²) >= 11 is 6.42. The molecule has 0 spiro atoms. The molecular formula is C20H23ClN2O2. The van der Waals surface area contributed by atoms with Crippen molar-refractivity contribution in [2.24, 2.45) is 0 Å². The number of benzene rings is 2. The maximum atomic E-state index is 12.5. The largest absolute Gasteiger partial charge is 0.379 e. The topological polar surface area (TPSA) is 41.6 Å². The van der Waals surface area contributed by atoms with E-state index in [9.17, 15) is 4.79 Å². The highest BCUT2D eigenvalue weighted by molar-refractivity contribution is 6.31. The summed E-state index contributed by atoms with van der Waals surface area (Å²) in [5.74, 6) is -0.0611. The second-order valence-electron chi connectivity index (χ2n) is 6.27. The highest BCUT2D eigenvalue weighted by Gasteiger charge is 2.25. The first-order chi connectivity index (χ1) is 12.1. The van der Waals surface area contributed by atoms with Crippen molar-refractivity contribution in [2.45, 2.75) is 13.0 Å². The van der Waals surface area contributed by atoms with Gasteiger partial charge in [0.25, 0.3) is 5.91 Å². The predicted octanol–water partition coefficient (Wildman–Crippen LogP) is 3.45. The van der Waals surface area contributed by atoms with Gasteiger partial charge in [-0.15, -0.1) is 0 Å². The lowest BCUT2D eigenvalue weighted by atomic mass is 10.0. The van der Waals surface area contributed by atoms with Crippen LogP contribution >= 0.6 is 11.6 Å². The van der Waals surface area contributed by atoms with Crippen LogP contribution in [0.2, 0.25) is 5.02 Å². The van der Waals surface area contributed by atoms with Crippen LogP contribution in [-0.2, 0) is 4.74 Å². The molecular weight excluding hydrogens is 336 g/mol. The number of aryl methyl sites for hydroxylation is 1. The Balaban J connectivity index is 1.75. The third kappa shape index (κ3) is 4.60. The normalized spacial score (nSPS) is 16.4. The summed E-state index contributed by atoms with van der Waals surface area (Å²) in [7, 11) is 0. The standard InChI is InChI=1S/C20H23ClN2O2/c1-15-5-4-6-16(13-15)20(24)22-14-19(23-9-11-25-12-10-23)17-7-2-3-8-18(17)21/h2-8,13,19H,9-12,14H2,1H3,(H,22,24)/t19-/m0/s1. The number of amides is 1. The van der Waals surface area contributed by atoms with Crippen LogP contribution in [0.3, 0.4) is 0 Å². The van der Waals surface area contributed by atoms with Gasteiger partial charge in [-0.3, -0.25) is 9.69 Å². The summed E-state index contributed by atoms with van der Waals surface area (Å²) in [6, 6.07) is 15.5. The average Bonchev–Trinajstić information content (AvgIpc) is 2.64. The Labute approximate surface area is 153 Å². The fourth-order valence-electron chi connectivity index (χ4n) is 3.15. The molecule has 1 amide bonds. The number of nitrogens with one attached hydrogen (secondary N) is 1. The number of hydrogen-bond donors (Lipinski definition) is 1. The number of carbonyl (C=O) groups excluding carboxylic acids is 1. The van der Waals surface area contributed by atoms with Gasteiger partial charge < -0.3 is 10.1 Å². The molecule has 0 bridgehead atoms. The van der Waals surface area contributed by atoms with Gasteiger partial charge >= 0.3 is 0 Å². The Hall–Kier alpha value is -1.88. The number of morpholine rings is 1. The molecule has 1 saturated heterocycles. The summed E-state index contributed by atoms with van der Waals surface area (Å²) in [6.45, 7) is 5.56. The number of ether oxygens (including phenoxy) is 1. The lowest BCUT2D eigenvalue weighted by Gasteiger charge is -2.35. The van der Waals surface area contributed by atoms with Gasteiger partial charge in [0.05, 0.1) is 19.3 Å². The molecule has 1 N–H and O–H groups in total. The average molecular weight is 359 g/mol. The van der Waals surface area contributed by atoms with Crippen LogP contribution in [0.4, 0.5) is 0 Å². The molecule has 2 aromatic carbocycles. The fraction of sp³-hybridized carbons (Fsp3) is 0.350. The van der Waals surface area contributed by atoms with Crippen molar-refractivity contribution in [2.75, 3.05) is 32.8 Å². The van der Waals surface area contributed by atoms with E-state index in [1.807, 2.05) is 55.5 Å². The molecule has 3 rings (SSSR count). The van der Waals surface area contributed by atoms with Crippen molar-refractivity contribution in [3.63, 3.8) is 0 Å². The maximum Gasteiger partial charge on any atom is 0.251 e. The van der Waals surface area contributed by atoms with Gasteiger partial charge in [0.2, 0.25) is 0 Å². The minimum atomic E-state index is -0.0611. The molecule has 1 fully saturated rings. The van der Waals surface area contributed by atoms with Crippen molar-refractivity contribution >= 4 is 17.5 Å². The predicted molar refractivity (Wildman–Crippen MR) is 100 cm³/mol. The lowest BCUT2D eigenvalue weighted by Crippen LogP contribution is -2.44. The summed E-state index contributed by atoms with van der Waals surface area (Å²) < 4.78 is 5.46. The Morgan fingerprint density at radius 1 is 1.20 bits per heavy atom. The first-order valence-electron chi connectivity index (χ1n) is 8.56. The van der Waals surface area contributed by atoms with Gasteiger partial charge in [0.15, 0.2) is 0 Å². The van der Waals surface area contributed by atoms with E-state index >= 15 is 0 Å². The molecule has 0 aliphatic carbocycles. The Morgan fingerprint density at radius 2 is 1.96 bits per heavy atom. The molecule has 1 atom stereocenters. The Bertz CT molecular complexity index is 729. The number of nitrogens with zero attached hydrogens (tertiary/aromatic N) is 1. The molecule has 4 nitrogen and oxygen atoms in total. The van der Waals surface area contributed by atoms with Crippen molar-refractivity contribution in [1.29, 1.82) is 0 Å². The van der Waals surface area contributed by atoms with Crippen molar-refractivity contribution in [1.82, 2.24) is 10.2 Å². The van der Waals surface area contributed by atoms with Gasteiger partial charge in [-0.1, -0.05) is 47.5 Å². The van der Waals surface area contributed by atoms with Crippen LogP contribution < -0.4 is 5.32 Å². The number of hydrogen-bond acceptors (Lipinski definition) is 3. The summed E-state index contributed by atoms with van der Waals surface area (Å²) in [4.78, 5) is 14.8. The van der Waals surface area contributed by atoms with E-state index in [-0.39, 0.29) is 11.9 Å². The molecule has 2 aromatic rings. The van der Waals surface area contributed by atoms with E-state index in [1.165, 1.54) is 0 Å². The van der Waals surface area contributed by atoms with E-state index in [4.69, 9.17) is 16.3 Å². The Kier molecular flexibility index (Phi) is 6.08. The van der Waals surface area contributed by atoms with Crippen LogP contribution in [0, 0.1) is 6.92 Å². The van der Waals surface area contributed by atoms with E-state index in [0.29, 0.717) is 25.3 Å². The number of rotatable bonds is 5. The molecule has 25 heavy (non-hydrogen) atoms. The van der Waals surface area contributed by atoms with Gasteiger partial charge in [-0.25, -0.2) is 0 Å². The highest BCUT2D eigenvalue weighted by Crippen LogP contribution is 2.27. The summed E-state index contributed by atoms with van der Waals surface area (Å²) in [6.07, 6.45) is 0. The monoisotopic (exact) mass is 358 g/mol. The molecule has 1 aliphatic rings. The molecule has 0 radical (unpaired) electrons. The zero-order valence-corrected chi connectivity index (χ0v) is 15.1. The van der Waals surface area contributed by atoms with Gasteiger partial charge in [0.1, 0.15) is 0 Å². The van der Waals surface area contributed by atoms with E-state index in [2.05, 4.69) is 10.2 Å². The fourth-order valence-corrected chi connectivity index (χ4v) is 3.41.